The van der Waals surface area contributed by atoms with E-state index in [-0.39, 0.29) is 11.6 Å². The summed E-state index contributed by atoms with van der Waals surface area (Å²) >= 11 is 0. The van der Waals surface area contributed by atoms with Gasteiger partial charge in [-0.1, -0.05) is 30.3 Å². The highest BCUT2D eigenvalue weighted by Gasteiger charge is 2.17. The highest BCUT2D eigenvalue weighted by molar-refractivity contribution is 5.78. The summed E-state index contributed by atoms with van der Waals surface area (Å²) in [4.78, 5) is 29.8. The van der Waals surface area contributed by atoms with Gasteiger partial charge < -0.3 is 10.2 Å². The number of carbonyl (C=O) groups excluding carboxylic acids is 1. The number of amides is 1. The predicted octanol–water partition coefficient (Wildman–Crippen LogP) is 2.15. The summed E-state index contributed by atoms with van der Waals surface area (Å²) in [6.45, 7) is 8.46. The average molecular weight is 422 g/mol. The van der Waals surface area contributed by atoms with Crippen molar-refractivity contribution >= 4 is 22.6 Å². The molecule has 0 atom stereocenters. The van der Waals surface area contributed by atoms with Crippen LogP contribution in [0.2, 0.25) is 0 Å². The van der Waals surface area contributed by atoms with Crippen LogP contribution in [0, 0.1) is 0 Å². The SMILES string of the molecule is CCn1c(=O)n(CCC(=O)NCCN2CCN(c3ccccc3)CC2)c2ccccc21. The maximum Gasteiger partial charge on any atom is 0.329 e. The number of aromatic nitrogens is 2. The number of rotatable bonds is 8. The van der Waals surface area contributed by atoms with Crippen molar-refractivity contribution in [2.24, 2.45) is 0 Å². The maximum absolute atomic E-state index is 12.7. The van der Waals surface area contributed by atoms with E-state index in [1.807, 2.05) is 37.3 Å². The molecule has 0 saturated carbocycles. The molecule has 31 heavy (non-hydrogen) atoms. The number of aryl methyl sites for hydroxylation is 2. The fourth-order valence-electron chi connectivity index (χ4n) is 4.32. The van der Waals surface area contributed by atoms with Crippen molar-refractivity contribution in [1.82, 2.24) is 19.4 Å². The molecule has 0 aliphatic carbocycles. The molecule has 7 nitrogen and oxygen atoms in total. The predicted molar refractivity (Wildman–Crippen MR) is 125 cm³/mol. The number of benzene rings is 2. The number of anilines is 1. The Labute approximate surface area is 182 Å². The molecule has 2 aromatic carbocycles. The second-order valence-corrected chi connectivity index (χ2v) is 7.93. The van der Waals surface area contributed by atoms with E-state index in [0.29, 0.717) is 26.1 Å². The van der Waals surface area contributed by atoms with Crippen LogP contribution >= 0.6 is 0 Å². The Kier molecular flexibility index (Phi) is 6.72. The fourth-order valence-corrected chi connectivity index (χ4v) is 4.32. The van der Waals surface area contributed by atoms with E-state index in [4.69, 9.17) is 0 Å². The first kappa shape index (κ1) is 21.2. The monoisotopic (exact) mass is 421 g/mol. The van der Waals surface area contributed by atoms with Crippen LogP contribution in [0.5, 0.6) is 0 Å². The van der Waals surface area contributed by atoms with E-state index >= 15 is 0 Å². The van der Waals surface area contributed by atoms with E-state index in [0.717, 1.165) is 43.8 Å². The van der Waals surface area contributed by atoms with Crippen LogP contribution < -0.4 is 15.9 Å². The van der Waals surface area contributed by atoms with Crippen LogP contribution in [-0.2, 0) is 17.9 Å². The molecular formula is C24H31N5O2. The molecule has 0 spiro atoms. The number of nitrogens with zero attached hydrogens (tertiary/aromatic N) is 4. The van der Waals surface area contributed by atoms with Crippen molar-refractivity contribution in [3.8, 4) is 0 Å². The third kappa shape index (κ3) is 4.82. The second kappa shape index (κ2) is 9.83. The Balaban J connectivity index is 1.22. The quantitative estimate of drug-likeness (QED) is 0.606. The molecule has 1 fully saturated rings. The van der Waals surface area contributed by atoms with Gasteiger partial charge in [0, 0.05) is 64.5 Å². The minimum atomic E-state index is -0.0483. The molecule has 0 unspecified atom stereocenters. The van der Waals surface area contributed by atoms with Gasteiger partial charge in [-0.25, -0.2) is 4.79 Å². The molecule has 164 valence electrons. The van der Waals surface area contributed by atoms with Crippen molar-refractivity contribution in [2.45, 2.75) is 26.4 Å². The molecule has 1 aliphatic heterocycles. The van der Waals surface area contributed by atoms with Gasteiger partial charge in [-0.2, -0.15) is 0 Å². The molecule has 1 saturated heterocycles. The normalized spacial score (nSPS) is 14.8. The van der Waals surface area contributed by atoms with Gasteiger partial charge in [-0.05, 0) is 31.2 Å². The van der Waals surface area contributed by atoms with Crippen molar-refractivity contribution in [3.05, 3.63) is 65.1 Å². The van der Waals surface area contributed by atoms with Crippen molar-refractivity contribution in [3.63, 3.8) is 0 Å². The molecule has 1 aromatic heterocycles. The molecule has 1 aliphatic rings. The Bertz CT molecular complexity index is 1060. The molecular weight excluding hydrogens is 390 g/mol. The Morgan fingerprint density at radius 1 is 0.871 bits per heavy atom. The van der Waals surface area contributed by atoms with Crippen LogP contribution in [0.25, 0.3) is 11.0 Å². The summed E-state index contributed by atoms with van der Waals surface area (Å²) in [5.74, 6) is -0.0110. The van der Waals surface area contributed by atoms with Crippen LogP contribution in [0.1, 0.15) is 13.3 Å². The van der Waals surface area contributed by atoms with Crippen molar-refractivity contribution in [2.75, 3.05) is 44.2 Å². The molecule has 4 rings (SSSR count). The van der Waals surface area contributed by atoms with Gasteiger partial charge in [0.15, 0.2) is 0 Å². The van der Waals surface area contributed by atoms with Crippen LogP contribution in [0.3, 0.4) is 0 Å². The minimum Gasteiger partial charge on any atom is -0.369 e. The van der Waals surface area contributed by atoms with E-state index in [9.17, 15) is 9.59 Å². The second-order valence-electron chi connectivity index (χ2n) is 7.93. The van der Waals surface area contributed by atoms with Gasteiger partial charge >= 0.3 is 5.69 Å². The van der Waals surface area contributed by atoms with Gasteiger partial charge in [0.1, 0.15) is 0 Å². The molecule has 1 N–H and O–H groups in total. The minimum absolute atomic E-state index is 0.0110. The summed E-state index contributed by atoms with van der Waals surface area (Å²) in [5, 5.41) is 3.02. The zero-order valence-corrected chi connectivity index (χ0v) is 18.2. The molecule has 0 radical (unpaired) electrons. The third-order valence-corrected chi connectivity index (χ3v) is 6.05. The number of piperazine rings is 1. The number of fused-ring (bicyclic) bond motifs is 1. The maximum atomic E-state index is 12.7. The topological polar surface area (TPSA) is 62.5 Å². The molecule has 0 bridgehead atoms. The van der Waals surface area contributed by atoms with Crippen molar-refractivity contribution < 1.29 is 4.79 Å². The highest BCUT2D eigenvalue weighted by atomic mass is 16.2. The molecule has 3 aromatic rings. The summed E-state index contributed by atoms with van der Waals surface area (Å²) < 4.78 is 3.46. The number of imidazole rings is 1. The van der Waals surface area contributed by atoms with E-state index in [1.54, 1.807) is 9.13 Å². The number of nitrogens with one attached hydrogen (secondary N) is 1. The molecule has 1 amide bonds. The lowest BCUT2D eigenvalue weighted by Gasteiger charge is -2.36. The highest BCUT2D eigenvalue weighted by Crippen LogP contribution is 2.15. The number of para-hydroxylation sites is 3. The summed E-state index contributed by atoms with van der Waals surface area (Å²) in [6, 6.07) is 18.3. The van der Waals surface area contributed by atoms with Gasteiger partial charge in [-0.15, -0.1) is 0 Å². The van der Waals surface area contributed by atoms with Gasteiger partial charge in [0.05, 0.1) is 11.0 Å². The standard InChI is InChI=1S/C24H31N5O2/c1-2-28-21-10-6-7-11-22(21)29(24(28)31)14-12-23(30)25-13-15-26-16-18-27(19-17-26)20-8-4-3-5-9-20/h3-11H,2,12-19H2,1H3,(H,25,30). The first-order chi connectivity index (χ1) is 15.2. The Hall–Kier alpha value is -3.06. The third-order valence-electron chi connectivity index (χ3n) is 6.05. The lowest BCUT2D eigenvalue weighted by Crippen LogP contribution is -2.48. The summed E-state index contributed by atoms with van der Waals surface area (Å²) in [5.41, 5.74) is 3.03. The molecule has 7 heteroatoms. The lowest BCUT2D eigenvalue weighted by molar-refractivity contribution is -0.121. The summed E-state index contributed by atoms with van der Waals surface area (Å²) in [7, 11) is 0. The van der Waals surface area contributed by atoms with Crippen LogP contribution in [0.15, 0.2) is 59.4 Å². The average Bonchev–Trinajstić information content (AvgIpc) is 3.09. The van der Waals surface area contributed by atoms with E-state index in [2.05, 4.69) is 39.4 Å². The Morgan fingerprint density at radius 2 is 1.52 bits per heavy atom. The zero-order valence-electron chi connectivity index (χ0n) is 18.2. The zero-order chi connectivity index (χ0) is 21.6. The number of carbonyl (C=O) groups is 1. The Morgan fingerprint density at radius 3 is 2.19 bits per heavy atom. The van der Waals surface area contributed by atoms with Crippen LogP contribution in [-0.4, -0.2) is 59.2 Å². The van der Waals surface area contributed by atoms with Gasteiger partial charge in [-0.3, -0.25) is 18.8 Å². The van der Waals surface area contributed by atoms with E-state index < -0.39 is 0 Å². The first-order valence-corrected chi connectivity index (χ1v) is 11.1. The van der Waals surface area contributed by atoms with Gasteiger partial charge in [0.25, 0.3) is 0 Å². The number of hydrogen-bond acceptors (Lipinski definition) is 4. The lowest BCUT2D eigenvalue weighted by atomic mass is 10.2. The fraction of sp³-hybridized carbons (Fsp3) is 0.417. The first-order valence-electron chi connectivity index (χ1n) is 11.1. The van der Waals surface area contributed by atoms with Crippen LogP contribution in [0.4, 0.5) is 5.69 Å². The smallest absolute Gasteiger partial charge is 0.329 e. The number of hydrogen-bond donors (Lipinski definition) is 1. The van der Waals surface area contributed by atoms with Crippen molar-refractivity contribution in [1.29, 1.82) is 0 Å². The largest absolute Gasteiger partial charge is 0.369 e. The molecule has 2 heterocycles. The van der Waals surface area contributed by atoms with E-state index in [1.165, 1.54) is 5.69 Å². The summed E-state index contributed by atoms with van der Waals surface area (Å²) in [6.07, 6.45) is 0.305. The van der Waals surface area contributed by atoms with Gasteiger partial charge in [0.2, 0.25) is 5.91 Å².